The summed E-state index contributed by atoms with van der Waals surface area (Å²) in [6.45, 7) is 6.07. The zero-order chi connectivity index (χ0) is 21.3. The summed E-state index contributed by atoms with van der Waals surface area (Å²) in [5.41, 5.74) is 4.14. The number of thioether (sulfide) groups is 1. The first-order valence-electron chi connectivity index (χ1n) is 9.54. The number of amides is 1. The average molecular weight is 439 g/mol. The molecule has 0 fully saturated rings. The molecule has 2 aromatic heterocycles. The van der Waals surface area contributed by atoms with Gasteiger partial charge in [-0.25, -0.2) is 4.98 Å². The second-order valence-corrected chi connectivity index (χ2v) is 9.16. The number of fused-ring (bicyclic) bond motifs is 1. The molecular weight excluding hydrogens is 416 g/mol. The molecule has 30 heavy (non-hydrogen) atoms. The summed E-state index contributed by atoms with van der Waals surface area (Å²) in [6.07, 6.45) is 0. The summed E-state index contributed by atoms with van der Waals surface area (Å²) in [6, 6.07) is 14.0. The molecule has 9 heteroatoms. The van der Waals surface area contributed by atoms with Crippen molar-refractivity contribution in [1.29, 1.82) is 0 Å². The third-order valence-corrected chi connectivity index (χ3v) is 7.10. The van der Waals surface area contributed by atoms with Gasteiger partial charge in [-0.15, -0.1) is 16.4 Å². The third-order valence-electron chi connectivity index (χ3n) is 4.99. The number of nitrogens with zero attached hydrogens (tertiary/aromatic N) is 6. The Labute approximate surface area is 183 Å². The lowest BCUT2D eigenvalue weighted by Gasteiger charge is -2.23. The number of carbonyl (C=O) groups excluding carboxylic acids is 1. The molecule has 0 aliphatic heterocycles. The molecule has 0 aliphatic rings. The summed E-state index contributed by atoms with van der Waals surface area (Å²) in [5.74, 6) is 0.249. The highest BCUT2D eigenvalue weighted by atomic mass is 32.2. The molecule has 0 bridgehead atoms. The minimum absolute atomic E-state index is 0.00179. The Morgan fingerprint density at radius 3 is 2.80 bits per heavy atom. The van der Waals surface area contributed by atoms with Gasteiger partial charge in [0.15, 0.2) is 0 Å². The van der Waals surface area contributed by atoms with Crippen molar-refractivity contribution in [2.75, 3.05) is 12.8 Å². The monoisotopic (exact) mass is 438 g/mol. The van der Waals surface area contributed by atoms with E-state index in [1.54, 1.807) is 20.9 Å². The number of benzene rings is 2. The van der Waals surface area contributed by atoms with Gasteiger partial charge in [0.05, 0.1) is 27.7 Å². The summed E-state index contributed by atoms with van der Waals surface area (Å²) in [7, 11) is 1.81. The molecule has 154 valence electrons. The van der Waals surface area contributed by atoms with E-state index in [0.717, 1.165) is 26.5 Å². The van der Waals surface area contributed by atoms with Crippen molar-refractivity contribution in [3.63, 3.8) is 0 Å². The normalized spacial score (nSPS) is 12.3. The molecule has 2 heterocycles. The molecule has 7 nitrogen and oxygen atoms in total. The second kappa shape index (κ2) is 8.53. The van der Waals surface area contributed by atoms with Crippen LogP contribution in [0.1, 0.15) is 29.1 Å². The van der Waals surface area contributed by atoms with Crippen LogP contribution in [0.25, 0.3) is 15.9 Å². The minimum Gasteiger partial charge on any atom is -0.336 e. The van der Waals surface area contributed by atoms with Crippen LogP contribution in [-0.4, -0.2) is 48.8 Å². The number of hydrogen-bond acceptors (Lipinski definition) is 7. The molecule has 0 radical (unpaired) electrons. The lowest BCUT2D eigenvalue weighted by Crippen LogP contribution is -2.31. The molecular formula is C21H22N6OS2. The fraction of sp³-hybridized carbons (Fsp3) is 0.286. The fourth-order valence-electron chi connectivity index (χ4n) is 3.14. The summed E-state index contributed by atoms with van der Waals surface area (Å²) >= 11 is 2.96. The molecule has 1 atom stereocenters. The van der Waals surface area contributed by atoms with E-state index >= 15 is 0 Å². The van der Waals surface area contributed by atoms with E-state index in [4.69, 9.17) is 0 Å². The topological polar surface area (TPSA) is 76.8 Å². The number of thiazole rings is 1. The number of rotatable bonds is 6. The van der Waals surface area contributed by atoms with Gasteiger partial charge in [0.2, 0.25) is 11.1 Å². The molecule has 1 amide bonds. The van der Waals surface area contributed by atoms with Gasteiger partial charge in [0.1, 0.15) is 5.01 Å². The molecule has 0 saturated carbocycles. The van der Waals surface area contributed by atoms with Crippen molar-refractivity contribution < 1.29 is 4.79 Å². The highest BCUT2D eigenvalue weighted by Gasteiger charge is 2.22. The maximum atomic E-state index is 12.8. The Kier molecular flexibility index (Phi) is 5.83. The third kappa shape index (κ3) is 4.08. The van der Waals surface area contributed by atoms with E-state index in [-0.39, 0.29) is 17.7 Å². The van der Waals surface area contributed by atoms with E-state index in [9.17, 15) is 4.79 Å². The van der Waals surface area contributed by atoms with Gasteiger partial charge in [0.25, 0.3) is 0 Å². The molecule has 2 aromatic carbocycles. The van der Waals surface area contributed by atoms with Crippen molar-refractivity contribution in [2.24, 2.45) is 0 Å². The first-order chi connectivity index (χ1) is 14.4. The van der Waals surface area contributed by atoms with E-state index in [0.29, 0.717) is 5.16 Å². The van der Waals surface area contributed by atoms with Crippen LogP contribution in [0.3, 0.4) is 0 Å². The van der Waals surface area contributed by atoms with Crippen molar-refractivity contribution in [2.45, 2.75) is 32.0 Å². The quantitative estimate of drug-likeness (QED) is 0.420. The zero-order valence-corrected chi connectivity index (χ0v) is 18.9. The summed E-state index contributed by atoms with van der Waals surface area (Å²) < 4.78 is 2.81. The first kappa shape index (κ1) is 20.5. The van der Waals surface area contributed by atoms with Crippen LogP contribution in [0, 0.1) is 13.8 Å². The van der Waals surface area contributed by atoms with Crippen LogP contribution in [-0.2, 0) is 4.79 Å². The van der Waals surface area contributed by atoms with Gasteiger partial charge in [-0.1, -0.05) is 41.6 Å². The van der Waals surface area contributed by atoms with Crippen molar-refractivity contribution in [3.8, 4) is 5.69 Å². The molecule has 0 spiro atoms. The lowest BCUT2D eigenvalue weighted by molar-refractivity contribution is -0.128. The molecule has 4 aromatic rings. The molecule has 0 N–H and O–H groups in total. The SMILES string of the molecule is Cc1ccc(-n2nnnc2SCC(=O)N(C)C(C)c2nc3ccccc3s2)c(C)c1. The van der Waals surface area contributed by atoms with Gasteiger partial charge in [-0.05, 0) is 55.0 Å². The zero-order valence-electron chi connectivity index (χ0n) is 17.2. The Bertz CT molecular complexity index is 1170. The van der Waals surface area contributed by atoms with Crippen molar-refractivity contribution in [3.05, 3.63) is 58.6 Å². The number of carbonyl (C=O) groups is 1. The maximum absolute atomic E-state index is 12.8. The number of tetrazole rings is 1. The van der Waals surface area contributed by atoms with Crippen molar-refractivity contribution in [1.82, 2.24) is 30.1 Å². The Morgan fingerprint density at radius 1 is 1.23 bits per heavy atom. The highest BCUT2D eigenvalue weighted by Crippen LogP contribution is 2.29. The minimum atomic E-state index is -0.106. The molecule has 0 aliphatic carbocycles. The highest BCUT2D eigenvalue weighted by molar-refractivity contribution is 7.99. The van der Waals surface area contributed by atoms with Gasteiger partial charge in [-0.2, -0.15) is 4.68 Å². The first-order valence-corrected chi connectivity index (χ1v) is 11.3. The largest absolute Gasteiger partial charge is 0.336 e. The predicted octanol–water partition coefficient (Wildman–Crippen LogP) is 4.20. The van der Waals surface area contributed by atoms with Crippen LogP contribution in [0.4, 0.5) is 0 Å². The van der Waals surface area contributed by atoms with Gasteiger partial charge in [0, 0.05) is 7.05 Å². The summed E-state index contributed by atoms with van der Waals surface area (Å²) in [4.78, 5) is 19.2. The number of para-hydroxylation sites is 1. The molecule has 0 saturated heterocycles. The van der Waals surface area contributed by atoms with E-state index in [1.165, 1.54) is 17.3 Å². The van der Waals surface area contributed by atoms with Crippen LogP contribution < -0.4 is 0 Å². The van der Waals surface area contributed by atoms with Crippen LogP contribution >= 0.6 is 23.1 Å². The Morgan fingerprint density at radius 2 is 2.03 bits per heavy atom. The van der Waals surface area contributed by atoms with Gasteiger partial charge >= 0.3 is 0 Å². The van der Waals surface area contributed by atoms with Gasteiger partial charge in [-0.3, -0.25) is 4.79 Å². The van der Waals surface area contributed by atoms with Gasteiger partial charge < -0.3 is 4.90 Å². The van der Waals surface area contributed by atoms with Crippen molar-refractivity contribution >= 4 is 39.2 Å². The fourth-order valence-corrected chi connectivity index (χ4v) is 5.01. The van der Waals surface area contributed by atoms with Crippen LogP contribution in [0.5, 0.6) is 0 Å². The Hall–Kier alpha value is -2.78. The lowest BCUT2D eigenvalue weighted by atomic mass is 10.1. The number of aryl methyl sites for hydroxylation is 2. The predicted molar refractivity (Wildman–Crippen MR) is 120 cm³/mol. The van der Waals surface area contributed by atoms with Crippen LogP contribution in [0.2, 0.25) is 0 Å². The number of hydrogen-bond donors (Lipinski definition) is 0. The van der Waals surface area contributed by atoms with E-state index in [1.807, 2.05) is 64.2 Å². The van der Waals surface area contributed by atoms with E-state index in [2.05, 4.69) is 26.6 Å². The Balaban J connectivity index is 1.45. The molecule has 4 rings (SSSR count). The second-order valence-electron chi connectivity index (χ2n) is 7.15. The summed E-state index contributed by atoms with van der Waals surface area (Å²) in [5, 5.41) is 13.5. The maximum Gasteiger partial charge on any atom is 0.233 e. The standard InChI is InChI=1S/C21H22N6OS2/c1-13-9-10-17(14(2)11-13)27-21(23-24-25-27)29-12-19(28)26(4)15(3)20-22-16-7-5-6-8-18(16)30-20/h5-11,15H,12H2,1-4H3. The smallest absolute Gasteiger partial charge is 0.233 e. The molecule has 1 unspecified atom stereocenters. The van der Waals surface area contributed by atoms with Crippen LogP contribution in [0.15, 0.2) is 47.6 Å². The number of aromatic nitrogens is 5. The van der Waals surface area contributed by atoms with E-state index < -0.39 is 0 Å². The average Bonchev–Trinajstić information content (AvgIpc) is 3.37.